The second-order valence-electron chi connectivity index (χ2n) is 8.39. The highest BCUT2D eigenvalue weighted by Crippen LogP contribution is 2.37. The Hall–Kier alpha value is -1.88. The van der Waals surface area contributed by atoms with Gasteiger partial charge in [-0.25, -0.2) is 18.3 Å². The fourth-order valence-electron chi connectivity index (χ4n) is 4.44. The summed E-state index contributed by atoms with van der Waals surface area (Å²) >= 11 is 0. The summed E-state index contributed by atoms with van der Waals surface area (Å²) in [7, 11) is 3.76. The number of likely N-dealkylation sites (tertiary alicyclic amines) is 1. The van der Waals surface area contributed by atoms with E-state index in [1.807, 2.05) is 36.0 Å². The standard InChI is InChI=1S/C19H28F2N6O2/c1-25(2)9-12-8-19(20,21)5-6-26(12)10-17-15(28)7-16(29-17)13-3-4-14-18(22)23-11-24-27(13)14/h3-4,11-12,15-17,28H,5-10H2,1-2H3,(H2,22,23,24)/t12-,15-,16+,17+/m0/s1. The molecule has 29 heavy (non-hydrogen) atoms. The zero-order valence-electron chi connectivity index (χ0n) is 16.7. The number of halogens is 2. The summed E-state index contributed by atoms with van der Waals surface area (Å²) in [4.78, 5) is 7.93. The van der Waals surface area contributed by atoms with Gasteiger partial charge >= 0.3 is 0 Å². The number of fused-ring (bicyclic) bond motifs is 1. The van der Waals surface area contributed by atoms with E-state index in [1.54, 1.807) is 4.52 Å². The van der Waals surface area contributed by atoms with Crippen molar-refractivity contribution < 1.29 is 18.6 Å². The lowest BCUT2D eigenvalue weighted by atomic mass is 9.97. The number of nitrogens with two attached hydrogens (primary N) is 1. The van der Waals surface area contributed by atoms with E-state index in [1.165, 1.54) is 6.33 Å². The maximum atomic E-state index is 13.9. The molecule has 2 aliphatic heterocycles. The smallest absolute Gasteiger partial charge is 0.250 e. The van der Waals surface area contributed by atoms with Gasteiger partial charge in [-0.15, -0.1) is 0 Å². The SMILES string of the molecule is CN(C)C[C@@H]1CC(F)(F)CCN1C[C@H]1O[C@@H](c2ccc3c(N)ncnn23)C[C@@H]1O. The van der Waals surface area contributed by atoms with E-state index >= 15 is 0 Å². The summed E-state index contributed by atoms with van der Waals surface area (Å²) in [5.74, 6) is -2.26. The third-order valence-electron chi connectivity index (χ3n) is 5.87. The Balaban J connectivity index is 1.47. The number of aromatic nitrogens is 3. The number of hydrogen-bond acceptors (Lipinski definition) is 7. The largest absolute Gasteiger partial charge is 0.390 e. The Kier molecular flexibility index (Phi) is 5.45. The number of likely N-dealkylation sites (N-methyl/N-ethyl adjacent to an activating group) is 1. The van der Waals surface area contributed by atoms with E-state index in [4.69, 9.17) is 10.5 Å². The third-order valence-corrected chi connectivity index (χ3v) is 5.87. The lowest BCUT2D eigenvalue weighted by Crippen LogP contribution is -2.53. The van der Waals surface area contributed by atoms with Crippen LogP contribution in [0.3, 0.4) is 0 Å². The highest BCUT2D eigenvalue weighted by Gasteiger charge is 2.43. The number of anilines is 1. The van der Waals surface area contributed by atoms with Crippen molar-refractivity contribution in [3.63, 3.8) is 0 Å². The maximum absolute atomic E-state index is 13.9. The highest BCUT2D eigenvalue weighted by atomic mass is 19.3. The molecule has 0 unspecified atom stereocenters. The average Bonchev–Trinajstić information content (AvgIpc) is 3.21. The van der Waals surface area contributed by atoms with Crippen molar-refractivity contribution in [2.24, 2.45) is 0 Å². The molecule has 10 heteroatoms. The van der Waals surface area contributed by atoms with Crippen LogP contribution in [0, 0.1) is 0 Å². The van der Waals surface area contributed by atoms with E-state index in [0.29, 0.717) is 37.4 Å². The molecule has 0 amide bonds. The van der Waals surface area contributed by atoms with Crippen molar-refractivity contribution in [3.05, 3.63) is 24.2 Å². The van der Waals surface area contributed by atoms with Crippen molar-refractivity contribution in [3.8, 4) is 0 Å². The fraction of sp³-hybridized carbons (Fsp3) is 0.684. The molecule has 4 heterocycles. The molecule has 2 saturated heterocycles. The summed E-state index contributed by atoms with van der Waals surface area (Å²) in [6.45, 7) is 1.26. The number of rotatable bonds is 5. The minimum atomic E-state index is -2.64. The number of nitrogen functional groups attached to an aromatic ring is 1. The van der Waals surface area contributed by atoms with Crippen LogP contribution in [-0.4, -0.2) is 87.4 Å². The number of piperidine rings is 1. The van der Waals surface area contributed by atoms with Crippen LogP contribution in [0.5, 0.6) is 0 Å². The Morgan fingerprint density at radius 1 is 1.38 bits per heavy atom. The second kappa shape index (κ2) is 7.75. The first-order valence-electron chi connectivity index (χ1n) is 9.92. The molecule has 2 aromatic rings. The van der Waals surface area contributed by atoms with E-state index < -0.39 is 18.1 Å². The van der Waals surface area contributed by atoms with Crippen molar-refractivity contribution in [1.82, 2.24) is 24.4 Å². The van der Waals surface area contributed by atoms with Crippen molar-refractivity contribution in [2.75, 3.05) is 39.5 Å². The molecular weight excluding hydrogens is 382 g/mol. The van der Waals surface area contributed by atoms with Crippen LogP contribution in [-0.2, 0) is 4.74 Å². The van der Waals surface area contributed by atoms with Gasteiger partial charge in [0.2, 0.25) is 0 Å². The van der Waals surface area contributed by atoms with E-state index in [9.17, 15) is 13.9 Å². The Morgan fingerprint density at radius 2 is 2.17 bits per heavy atom. The van der Waals surface area contributed by atoms with E-state index in [2.05, 4.69) is 10.1 Å². The Bertz CT molecular complexity index is 860. The molecule has 0 aromatic carbocycles. The fourth-order valence-corrected chi connectivity index (χ4v) is 4.44. The van der Waals surface area contributed by atoms with Gasteiger partial charge in [-0.1, -0.05) is 0 Å². The van der Waals surface area contributed by atoms with E-state index in [-0.39, 0.29) is 25.0 Å². The topological polar surface area (TPSA) is 92.2 Å². The first-order chi connectivity index (χ1) is 13.7. The molecule has 2 fully saturated rings. The molecule has 0 saturated carbocycles. The number of nitrogens with zero attached hydrogens (tertiary/aromatic N) is 5. The van der Waals surface area contributed by atoms with Crippen molar-refractivity contribution in [2.45, 2.75) is 49.5 Å². The summed E-state index contributed by atoms with van der Waals surface area (Å²) in [6, 6.07) is 3.43. The molecule has 0 radical (unpaired) electrons. The highest BCUT2D eigenvalue weighted by molar-refractivity contribution is 5.65. The van der Waals surface area contributed by atoms with Crippen LogP contribution in [0.4, 0.5) is 14.6 Å². The quantitative estimate of drug-likeness (QED) is 0.764. The Labute approximate surface area is 168 Å². The van der Waals surface area contributed by atoms with Crippen LogP contribution < -0.4 is 5.73 Å². The lowest BCUT2D eigenvalue weighted by molar-refractivity contribution is -0.0974. The molecule has 0 aliphatic carbocycles. The minimum Gasteiger partial charge on any atom is -0.390 e. The normalized spacial score (nSPS) is 30.4. The van der Waals surface area contributed by atoms with Gasteiger partial charge in [0.05, 0.1) is 17.9 Å². The average molecular weight is 410 g/mol. The Morgan fingerprint density at radius 3 is 2.93 bits per heavy atom. The molecule has 4 atom stereocenters. The number of alkyl halides is 2. The second-order valence-corrected chi connectivity index (χ2v) is 8.39. The molecule has 160 valence electrons. The van der Waals surface area contributed by atoms with Crippen LogP contribution in [0.1, 0.15) is 31.1 Å². The maximum Gasteiger partial charge on any atom is 0.250 e. The van der Waals surface area contributed by atoms with Crippen molar-refractivity contribution >= 4 is 11.3 Å². The van der Waals surface area contributed by atoms with Gasteiger partial charge < -0.3 is 20.5 Å². The number of aliphatic hydroxyl groups is 1. The zero-order valence-corrected chi connectivity index (χ0v) is 16.7. The molecule has 2 aromatic heterocycles. The monoisotopic (exact) mass is 410 g/mol. The molecule has 0 bridgehead atoms. The summed E-state index contributed by atoms with van der Waals surface area (Å²) < 4.78 is 35.7. The molecule has 0 spiro atoms. The molecule has 3 N–H and O–H groups in total. The van der Waals surface area contributed by atoms with Gasteiger partial charge in [-0.3, -0.25) is 4.90 Å². The number of ether oxygens (including phenoxy) is 1. The third kappa shape index (κ3) is 4.20. The van der Waals surface area contributed by atoms with Gasteiger partial charge in [0, 0.05) is 44.9 Å². The molecular formula is C19H28F2N6O2. The van der Waals surface area contributed by atoms with Gasteiger partial charge in [0.1, 0.15) is 17.9 Å². The number of aliphatic hydroxyl groups excluding tert-OH is 1. The van der Waals surface area contributed by atoms with Crippen LogP contribution in [0.25, 0.3) is 5.52 Å². The van der Waals surface area contributed by atoms with Crippen molar-refractivity contribution in [1.29, 1.82) is 0 Å². The van der Waals surface area contributed by atoms with Crippen LogP contribution >= 0.6 is 0 Å². The number of hydrogen-bond donors (Lipinski definition) is 2. The molecule has 8 nitrogen and oxygen atoms in total. The van der Waals surface area contributed by atoms with E-state index in [0.717, 1.165) is 5.69 Å². The summed E-state index contributed by atoms with van der Waals surface area (Å²) in [6.07, 6.45) is 0.00979. The zero-order chi connectivity index (χ0) is 20.8. The summed E-state index contributed by atoms with van der Waals surface area (Å²) in [5, 5.41) is 14.8. The van der Waals surface area contributed by atoms with Gasteiger partial charge in [-0.05, 0) is 26.2 Å². The minimum absolute atomic E-state index is 0.164. The first-order valence-corrected chi connectivity index (χ1v) is 9.92. The molecule has 4 rings (SSSR count). The van der Waals surface area contributed by atoms with Gasteiger partial charge in [0.15, 0.2) is 5.82 Å². The lowest BCUT2D eigenvalue weighted by Gasteiger charge is -2.41. The van der Waals surface area contributed by atoms with Gasteiger partial charge in [0.25, 0.3) is 5.92 Å². The predicted molar refractivity (Wildman–Crippen MR) is 104 cm³/mol. The van der Waals surface area contributed by atoms with Crippen LogP contribution in [0.15, 0.2) is 18.5 Å². The summed E-state index contributed by atoms with van der Waals surface area (Å²) in [5.41, 5.74) is 7.37. The predicted octanol–water partition coefficient (Wildman–Crippen LogP) is 1.16. The molecule has 2 aliphatic rings. The van der Waals surface area contributed by atoms with Crippen LogP contribution in [0.2, 0.25) is 0 Å². The van der Waals surface area contributed by atoms with Gasteiger partial charge in [-0.2, -0.15) is 5.10 Å². The first kappa shape index (κ1) is 20.4.